The standard InChI is InChI=1S/C10H15NO4S/c1-3-4-5-8(12)11-7(10(14)15)6-9(13)16-2/h3,7H,1,4-6H2,2H3,(H,11,12)(H,14,15). The number of aliphatic carboxylic acids is 1. The van der Waals surface area contributed by atoms with Gasteiger partial charge in [-0.2, -0.15) is 0 Å². The Morgan fingerprint density at radius 2 is 2.12 bits per heavy atom. The Hall–Kier alpha value is -1.30. The third-order valence-electron chi connectivity index (χ3n) is 1.81. The third-order valence-corrected chi connectivity index (χ3v) is 2.43. The summed E-state index contributed by atoms with van der Waals surface area (Å²) in [5.41, 5.74) is 0. The molecule has 0 rings (SSSR count). The molecule has 1 atom stereocenters. The van der Waals surface area contributed by atoms with Crippen molar-refractivity contribution in [1.82, 2.24) is 5.32 Å². The van der Waals surface area contributed by atoms with Gasteiger partial charge < -0.3 is 10.4 Å². The van der Waals surface area contributed by atoms with Crippen molar-refractivity contribution in [2.75, 3.05) is 6.26 Å². The first-order valence-electron chi connectivity index (χ1n) is 4.71. The van der Waals surface area contributed by atoms with Gasteiger partial charge in [-0.25, -0.2) is 4.79 Å². The van der Waals surface area contributed by atoms with E-state index in [0.717, 1.165) is 11.8 Å². The van der Waals surface area contributed by atoms with Crippen molar-refractivity contribution in [1.29, 1.82) is 0 Å². The van der Waals surface area contributed by atoms with Crippen LogP contribution in [-0.2, 0) is 14.4 Å². The SMILES string of the molecule is C=CCCC(=O)NC(CC(=O)SC)C(=O)O. The van der Waals surface area contributed by atoms with Crippen LogP contribution in [0.25, 0.3) is 0 Å². The van der Waals surface area contributed by atoms with Crippen molar-refractivity contribution in [2.24, 2.45) is 0 Å². The normalized spacial score (nSPS) is 11.6. The van der Waals surface area contributed by atoms with E-state index in [-0.39, 0.29) is 23.9 Å². The number of carbonyl (C=O) groups is 3. The van der Waals surface area contributed by atoms with E-state index in [1.54, 1.807) is 12.3 Å². The molecule has 1 amide bonds. The molecule has 0 radical (unpaired) electrons. The molecule has 90 valence electrons. The van der Waals surface area contributed by atoms with Crippen LogP contribution in [-0.4, -0.2) is 34.4 Å². The van der Waals surface area contributed by atoms with Gasteiger partial charge in [0.1, 0.15) is 6.04 Å². The Labute approximate surface area is 98.3 Å². The van der Waals surface area contributed by atoms with E-state index in [9.17, 15) is 14.4 Å². The monoisotopic (exact) mass is 245 g/mol. The van der Waals surface area contributed by atoms with Gasteiger partial charge in [0, 0.05) is 12.8 Å². The maximum atomic E-state index is 11.2. The second kappa shape index (κ2) is 7.92. The summed E-state index contributed by atoms with van der Waals surface area (Å²) in [5, 5.41) is 10.8. The smallest absolute Gasteiger partial charge is 0.326 e. The summed E-state index contributed by atoms with van der Waals surface area (Å²) in [6, 6.07) is -1.14. The molecule has 0 bridgehead atoms. The average Bonchev–Trinajstić information content (AvgIpc) is 2.24. The lowest BCUT2D eigenvalue weighted by atomic mass is 10.2. The molecule has 0 saturated carbocycles. The van der Waals surface area contributed by atoms with Crippen LogP contribution in [0.5, 0.6) is 0 Å². The van der Waals surface area contributed by atoms with E-state index in [1.165, 1.54) is 0 Å². The predicted octanol–water partition coefficient (Wildman–Crippen LogP) is 0.802. The number of amides is 1. The topological polar surface area (TPSA) is 83.5 Å². The summed E-state index contributed by atoms with van der Waals surface area (Å²) in [5.74, 6) is -1.59. The molecular formula is C10H15NO4S. The highest BCUT2D eigenvalue weighted by atomic mass is 32.2. The number of allylic oxidation sites excluding steroid dienone is 1. The molecule has 5 nitrogen and oxygen atoms in total. The van der Waals surface area contributed by atoms with Crippen molar-refractivity contribution < 1.29 is 19.5 Å². The van der Waals surface area contributed by atoms with Gasteiger partial charge in [-0.15, -0.1) is 6.58 Å². The van der Waals surface area contributed by atoms with E-state index < -0.39 is 12.0 Å². The molecule has 6 heteroatoms. The fourth-order valence-corrected chi connectivity index (χ4v) is 1.28. The summed E-state index contributed by atoms with van der Waals surface area (Å²) >= 11 is 0.946. The van der Waals surface area contributed by atoms with E-state index in [0.29, 0.717) is 6.42 Å². The minimum Gasteiger partial charge on any atom is -0.480 e. The minimum absolute atomic E-state index is 0.181. The van der Waals surface area contributed by atoms with Crippen LogP contribution in [0.15, 0.2) is 12.7 Å². The lowest BCUT2D eigenvalue weighted by Gasteiger charge is -2.12. The molecule has 0 aliphatic carbocycles. The van der Waals surface area contributed by atoms with Gasteiger partial charge >= 0.3 is 5.97 Å². The zero-order valence-electron chi connectivity index (χ0n) is 9.06. The first-order valence-corrected chi connectivity index (χ1v) is 5.93. The highest BCUT2D eigenvalue weighted by Crippen LogP contribution is 2.04. The van der Waals surface area contributed by atoms with E-state index >= 15 is 0 Å². The first kappa shape index (κ1) is 14.7. The van der Waals surface area contributed by atoms with Gasteiger partial charge in [0.05, 0.1) is 0 Å². The molecule has 0 saturated heterocycles. The van der Waals surface area contributed by atoms with Crippen molar-refractivity contribution in [3.8, 4) is 0 Å². The molecule has 1 unspecified atom stereocenters. The molecule has 0 aliphatic rings. The summed E-state index contributed by atoms with van der Waals surface area (Å²) in [6.45, 7) is 3.45. The maximum absolute atomic E-state index is 11.2. The molecule has 2 N–H and O–H groups in total. The molecule has 0 aromatic heterocycles. The highest BCUT2D eigenvalue weighted by Gasteiger charge is 2.22. The van der Waals surface area contributed by atoms with Gasteiger partial charge in [-0.05, 0) is 12.7 Å². The van der Waals surface area contributed by atoms with Crippen LogP contribution in [0.1, 0.15) is 19.3 Å². The molecule has 0 aromatic carbocycles. The number of thioether (sulfide) groups is 1. The average molecular weight is 245 g/mol. The second-order valence-corrected chi connectivity index (χ2v) is 3.93. The number of carboxylic acid groups (broad SMARTS) is 1. The van der Waals surface area contributed by atoms with Crippen LogP contribution in [0.3, 0.4) is 0 Å². The Kier molecular flexibility index (Phi) is 7.28. The van der Waals surface area contributed by atoms with Gasteiger partial charge in [0.2, 0.25) is 5.91 Å². The predicted molar refractivity (Wildman–Crippen MR) is 62.1 cm³/mol. The summed E-state index contributed by atoms with van der Waals surface area (Å²) in [7, 11) is 0. The molecule has 0 fully saturated rings. The molecule has 0 heterocycles. The number of carbonyl (C=O) groups excluding carboxylic acids is 2. The van der Waals surface area contributed by atoms with Crippen LogP contribution in [0.2, 0.25) is 0 Å². The van der Waals surface area contributed by atoms with Gasteiger partial charge in [-0.1, -0.05) is 17.8 Å². The van der Waals surface area contributed by atoms with Gasteiger partial charge in [0.15, 0.2) is 5.12 Å². The molecule has 0 aliphatic heterocycles. The zero-order valence-corrected chi connectivity index (χ0v) is 9.88. The number of hydrogen-bond donors (Lipinski definition) is 2. The summed E-state index contributed by atoms with van der Waals surface area (Å²) < 4.78 is 0. The number of carboxylic acids is 1. The quantitative estimate of drug-likeness (QED) is 0.648. The van der Waals surface area contributed by atoms with Crippen molar-refractivity contribution in [3.05, 3.63) is 12.7 Å². The maximum Gasteiger partial charge on any atom is 0.326 e. The van der Waals surface area contributed by atoms with E-state index in [2.05, 4.69) is 11.9 Å². The van der Waals surface area contributed by atoms with Crippen molar-refractivity contribution in [2.45, 2.75) is 25.3 Å². The van der Waals surface area contributed by atoms with Gasteiger partial charge in [0.25, 0.3) is 0 Å². The number of nitrogens with one attached hydrogen (secondary N) is 1. The van der Waals surface area contributed by atoms with E-state index in [4.69, 9.17) is 5.11 Å². The zero-order chi connectivity index (χ0) is 12.6. The first-order chi connectivity index (χ1) is 7.51. The van der Waals surface area contributed by atoms with Crippen LogP contribution in [0.4, 0.5) is 0 Å². The molecule has 0 aromatic rings. The summed E-state index contributed by atoms with van der Waals surface area (Å²) in [4.78, 5) is 33.1. The Balaban J connectivity index is 4.22. The van der Waals surface area contributed by atoms with Crippen LogP contribution < -0.4 is 5.32 Å². The van der Waals surface area contributed by atoms with E-state index in [1.807, 2.05) is 0 Å². The fourth-order valence-electron chi connectivity index (χ4n) is 0.950. The fraction of sp³-hybridized carbons (Fsp3) is 0.500. The molecule has 16 heavy (non-hydrogen) atoms. The van der Waals surface area contributed by atoms with Crippen LogP contribution >= 0.6 is 11.8 Å². The molecule has 0 spiro atoms. The number of hydrogen-bond acceptors (Lipinski definition) is 4. The molecular weight excluding hydrogens is 230 g/mol. The van der Waals surface area contributed by atoms with Crippen molar-refractivity contribution >= 4 is 28.8 Å². The van der Waals surface area contributed by atoms with Gasteiger partial charge in [-0.3, -0.25) is 9.59 Å². The Morgan fingerprint density at radius 3 is 2.56 bits per heavy atom. The minimum atomic E-state index is -1.20. The van der Waals surface area contributed by atoms with Crippen molar-refractivity contribution in [3.63, 3.8) is 0 Å². The lowest BCUT2D eigenvalue weighted by Crippen LogP contribution is -2.41. The Bertz CT molecular complexity index is 291. The van der Waals surface area contributed by atoms with Crippen LogP contribution in [0, 0.1) is 0 Å². The largest absolute Gasteiger partial charge is 0.480 e. The Morgan fingerprint density at radius 1 is 1.50 bits per heavy atom. The summed E-state index contributed by atoms with van der Waals surface area (Å²) in [6.07, 6.45) is 3.61. The lowest BCUT2D eigenvalue weighted by molar-refractivity contribution is -0.142. The second-order valence-electron chi connectivity index (χ2n) is 3.07. The highest BCUT2D eigenvalue weighted by molar-refractivity contribution is 8.13. The number of rotatable bonds is 7. The third kappa shape index (κ3) is 6.23.